The Kier molecular flexibility index (Phi) is 4.53. The van der Waals surface area contributed by atoms with Crippen LogP contribution in [-0.4, -0.2) is 5.11 Å². The second-order valence-corrected chi connectivity index (χ2v) is 6.04. The Morgan fingerprint density at radius 3 is 1.62 bits per heavy atom. The van der Waals surface area contributed by atoms with E-state index in [0.29, 0.717) is 0 Å². The van der Waals surface area contributed by atoms with E-state index in [4.69, 9.17) is 0 Å². The molecule has 0 aliphatic rings. The zero-order valence-corrected chi connectivity index (χ0v) is 14.0. The van der Waals surface area contributed by atoms with Crippen LogP contribution in [0.2, 0.25) is 0 Å². The van der Waals surface area contributed by atoms with Gasteiger partial charge in [-0.15, -0.1) is 0 Å². The van der Waals surface area contributed by atoms with Gasteiger partial charge in [-0.2, -0.15) is 0 Å². The topological polar surface area (TPSA) is 20.2 Å². The van der Waals surface area contributed by atoms with E-state index in [2.05, 4.69) is 53.7 Å². The van der Waals surface area contributed by atoms with E-state index < -0.39 is 6.10 Å². The van der Waals surface area contributed by atoms with Crippen LogP contribution in [0, 0.1) is 34.6 Å². The van der Waals surface area contributed by atoms with E-state index in [0.717, 1.165) is 17.5 Å². The molecular weight excluding hydrogens is 256 g/mol. The Hall–Kier alpha value is -1.60. The predicted molar refractivity (Wildman–Crippen MR) is 90.0 cm³/mol. The lowest BCUT2D eigenvalue weighted by atomic mass is 9.85. The zero-order chi connectivity index (χ0) is 15.7. The summed E-state index contributed by atoms with van der Waals surface area (Å²) in [5.74, 6) is 0. The molecule has 0 saturated heterocycles. The third kappa shape index (κ3) is 2.75. The first-order valence-electron chi connectivity index (χ1n) is 7.72. The Morgan fingerprint density at radius 2 is 1.19 bits per heavy atom. The summed E-state index contributed by atoms with van der Waals surface area (Å²) < 4.78 is 0. The van der Waals surface area contributed by atoms with Gasteiger partial charge in [0.15, 0.2) is 0 Å². The van der Waals surface area contributed by atoms with Gasteiger partial charge in [-0.3, -0.25) is 0 Å². The molecule has 0 fully saturated rings. The van der Waals surface area contributed by atoms with E-state index in [1.54, 1.807) is 0 Å². The van der Waals surface area contributed by atoms with Gasteiger partial charge < -0.3 is 5.11 Å². The second-order valence-electron chi connectivity index (χ2n) is 6.04. The molecular formula is C20H26O. The van der Waals surface area contributed by atoms with Gasteiger partial charge in [0.05, 0.1) is 0 Å². The third-order valence-corrected chi connectivity index (χ3v) is 5.04. The minimum atomic E-state index is -0.547. The molecule has 1 nitrogen and oxygen atoms in total. The molecule has 2 aromatic rings. The average Bonchev–Trinajstić information content (AvgIpc) is 2.51. The lowest BCUT2D eigenvalue weighted by molar-refractivity contribution is 0.218. The molecule has 2 rings (SSSR count). The minimum Gasteiger partial charge on any atom is -0.384 e. The van der Waals surface area contributed by atoms with Crippen LogP contribution < -0.4 is 0 Å². The number of aliphatic hydroxyl groups excluding tert-OH is 1. The van der Waals surface area contributed by atoms with Crippen molar-refractivity contribution in [3.8, 4) is 0 Å². The van der Waals surface area contributed by atoms with Gasteiger partial charge in [-0.25, -0.2) is 0 Å². The third-order valence-electron chi connectivity index (χ3n) is 5.04. The Bertz CT molecular complexity index is 622. The summed E-state index contributed by atoms with van der Waals surface area (Å²) in [6.45, 7) is 12.8. The maximum absolute atomic E-state index is 10.9. The highest BCUT2D eigenvalue weighted by Gasteiger charge is 2.19. The summed E-state index contributed by atoms with van der Waals surface area (Å²) in [4.78, 5) is 0. The number of rotatable bonds is 3. The Balaban J connectivity index is 2.55. The van der Waals surface area contributed by atoms with Crippen molar-refractivity contribution >= 4 is 0 Å². The molecule has 1 atom stereocenters. The van der Waals surface area contributed by atoms with Crippen LogP contribution in [0.1, 0.15) is 57.5 Å². The van der Waals surface area contributed by atoms with Gasteiger partial charge in [0, 0.05) is 0 Å². The van der Waals surface area contributed by atoms with Gasteiger partial charge in [0.25, 0.3) is 0 Å². The van der Waals surface area contributed by atoms with Crippen molar-refractivity contribution in [2.24, 2.45) is 0 Å². The maximum atomic E-state index is 10.9. The molecule has 1 heteroatoms. The van der Waals surface area contributed by atoms with E-state index in [9.17, 15) is 5.11 Å². The molecule has 0 aliphatic carbocycles. The highest BCUT2D eigenvalue weighted by molar-refractivity contribution is 5.52. The van der Waals surface area contributed by atoms with Gasteiger partial charge in [0.1, 0.15) is 6.10 Å². The molecule has 0 aromatic heterocycles. The number of benzene rings is 2. The Labute approximate surface area is 128 Å². The summed E-state index contributed by atoms with van der Waals surface area (Å²) in [6.07, 6.45) is 0.478. The fourth-order valence-corrected chi connectivity index (χ4v) is 3.04. The summed E-state index contributed by atoms with van der Waals surface area (Å²) in [6, 6.07) is 8.31. The largest absolute Gasteiger partial charge is 0.384 e. The van der Waals surface area contributed by atoms with Crippen molar-refractivity contribution in [2.45, 2.75) is 54.1 Å². The number of aryl methyl sites for hydroxylation is 1. The molecule has 0 aliphatic heterocycles. The lowest BCUT2D eigenvalue weighted by Gasteiger charge is -2.23. The standard InChI is InChI=1S/C20H26O/c1-7-17-8-10-18(11-9-17)20(21)19-15(5)13(3)12(2)14(4)16(19)6/h8-11,20-21H,7H2,1-6H3. The first-order chi connectivity index (χ1) is 9.88. The van der Waals surface area contributed by atoms with Crippen molar-refractivity contribution in [1.82, 2.24) is 0 Å². The number of hydrogen-bond donors (Lipinski definition) is 1. The van der Waals surface area contributed by atoms with Crippen molar-refractivity contribution in [3.63, 3.8) is 0 Å². The second kappa shape index (κ2) is 6.03. The molecule has 0 heterocycles. The lowest BCUT2D eigenvalue weighted by Crippen LogP contribution is -2.09. The van der Waals surface area contributed by atoms with Crippen molar-refractivity contribution in [1.29, 1.82) is 0 Å². The van der Waals surface area contributed by atoms with Gasteiger partial charge in [-0.05, 0) is 85.5 Å². The van der Waals surface area contributed by atoms with Gasteiger partial charge in [-0.1, -0.05) is 31.2 Å². The fourth-order valence-electron chi connectivity index (χ4n) is 3.04. The highest BCUT2D eigenvalue weighted by atomic mass is 16.3. The normalized spacial score (nSPS) is 12.5. The molecule has 0 spiro atoms. The van der Waals surface area contributed by atoms with E-state index in [-0.39, 0.29) is 0 Å². The van der Waals surface area contributed by atoms with Gasteiger partial charge in [0.2, 0.25) is 0 Å². The minimum absolute atomic E-state index is 0.547. The summed E-state index contributed by atoms with van der Waals surface area (Å²) in [5.41, 5.74) is 9.68. The van der Waals surface area contributed by atoms with Crippen LogP contribution in [-0.2, 0) is 6.42 Å². The zero-order valence-electron chi connectivity index (χ0n) is 14.0. The fraction of sp³-hybridized carbons (Fsp3) is 0.400. The van der Waals surface area contributed by atoms with E-state index >= 15 is 0 Å². The molecule has 2 aromatic carbocycles. The number of hydrogen-bond acceptors (Lipinski definition) is 1. The van der Waals surface area contributed by atoms with Crippen molar-refractivity contribution in [3.05, 3.63) is 68.8 Å². The first kappa shape index (κ1) is 15.8. The van der Waals surface area contributed by atoms with Gasteiger partial charge >= 0.3 is 0 Å². The van der Waals surface area contributed by atoms with E-state index in [1.165, 1.54) is 33.4 Å². The quantitative estimate of drug-likeness (QED) is 0.851. The summed E-state index contributed by atoms with van der Waals surface area (Å²) >= 11 is 0. The van der Waals surface area contributed by atoms with Crippen molar-refractivity contribution in [2.75, 3.05) is 0 Å². The van der Waals surface area contributed by atoms with Crippen LogP contribution in [0.5, 0.6) is 0 Å². The van der Waals surface area contributed by atoms with Crippen LogP contribution in [0.3, 0.4) is 0 Å². The molecule has 1 unspecified atom stereocenters. The van der Waals surface area contributed by atoms with E-state index in [1.807, 2.05) is 12.1 Å². The molecule has 112 valence electrons. The first-order valence-corrected chi connectivity index (χ1v) is 7.72. The molecule has 21 heavy (non-hydrogen) atoms. The summed E-state index contributed by atoms with van der Waals surface area (Å²) in [7, 11) is 0. The molecule has 1 N–H and O–H groups in total. The van der Waals surface area contributed by atoms with Crippen LogP contribution in [0.4, 0.5) is 0 Å². The summed E-state index contributed by atoms with van der Waals surface area (Å²) in [5, 5.41) is 10.9. The highest BCUT2D eigenvalue weighted by Crippen LogP contribution is 2.33. The number of aliphatic hydroxyl groups is 1. The maximum Gasteiger partial charge on any atom is 0.105 e. The molecule has 0 saturated carbocycles. The average molecular weight is 282 g/mol. The van der Waals surface area contributed by atoms with Crippen LogP contribution >= 0.6 is 0 Å². The Morgan fingerprint density at radius 1 is 0.762 bits per heavy atom. The van der Waals surface area contributed by atoms with Crippen molar-refractivity contribution < 1.29 is 5.11 Å². The SMILES string of the molecule is CCc1ccc(C(O)c2c(C)c(C)c(C)c(C)c2C)cc1. The molecule has 0 bridgehead atoms. The monoisotopic (exact) mass is 282 g/mol. The van der Waals surface area contributed by atoms with Crippen LogP contribution in [0.25, 0.3) is 0 Å². The molecule has 0 radical (unpaired) electrons. The van der Waals surface area contributed by atoms with Crippen LogP contribution in [0.15, 0.2) is 24.3 Å². The predicted octanol–water partition coefficient (Wildman–Crippen LogP) is 4.87. The molecule has 0 amide bonds. The smallest absolute Gasteiger partial charge is 0.105 e.